The highest BCUT2D eigenvalue weighted by atomic mass is 16.5. The summed E-state index contributed by atoms with van der Waals surface area (Å²) in [6, 6.07) is 0. The Labute approximate surface area is 162 Å². The lowest BCUT2D eigenvalue weighted by Crippen LogP contribution is -2.57. The zero-order valence-corrected chi connectivity index (χ0v) is 17.2. The average molecular weight is 375 g/mol. The van der Waals surface area contributed by atoms with Crippen LogP contribution in [0.3, 0.4) is 0 Å². The summed E-state index contributed by atoms with van der Waals surface area (Å²) in [5.41, 5.74) is 0.235. The molecule has 4 heteroatoms. The molecule has 27 heavy (non-hydrogen) atoms. The molecule has 3 saturated carbocycles. The number of fused-ring (bicyclic) bond motifs is 5. The van der Waals surface area contributed by atoms with Gasteiger partial charge in [0.15, 0.2) is 5.78 Å². The maximum absolute atomic E-state index is 12.3. The van der Waals surface area contributed by atoms with E-state index >= 15 is 0 Å². The van der Waals surface area contributed by atoms with Crippen molar-refractivity contribution in [1.82, 2.24) is 0 Å². The molecular weight excluding hydrogens is 340 g/mol. The predicted octanol–water partition coefficient (Wildman–Crippen LogP) is 4.20. The van der Waals surface area contributed by atoms with E-state index in [2.05, 4.69) is 19.9 Å². The van der Waals surface area contributed by atoms with E-state index in [4.69, 9.17) is 4.74 Å². The molecule has 4 nitrogen and oxygen atoms in total. The van der Waals surface area contributed by atoms with Gasteiger partial charge in [-0.1, -0.05) is 25.5 Å². The third kappa shape index (κ3) is 2.58. The van der Waals surface area contributed by atoms with Gasteiger partial charge in [-0.05, 0) is 75.0 Å². The topological polar surface area (TPSA) is 63.6 Å². The van der Waals surface area contributed by atoms with E-state index in [1.165, 1.54) is 12.5 Å². The van der Waals surface area contributed by atoms with Crippen molar-refractivity contribution in [1.29, 1.82) is 0 Å². The summed E-state index contributed by atoms with van der Waals surface area (Å²) in [7, 11) is 0. The Balaban J connectivity index is 1.61. The largest absolute Gasteiger partial charge is 0.462 e. The minimum absolute atomic E-state index is 0.0292. The smallest absolute Gasteiger partial charge is 0.302 e. The third-order valence-corrected chi connectivity index (χ3v) is 9.13. The summed E-state index contributed by atoms with van der Waals surface area (Å²) in [5.74, 6) is 1.36. The summed E-state index contributed by atoms with van der Waals surface area (Å²) in [6.45, 7) is 7.64. The average Bonchev–Trinajstić information content (AvgIpc) is 2.87. The lowest BCUT2D eigenvalue weighted by molar-refractivity contribution is -0.160. The first kappa shape index (κ1) is 19.2. The lowest BCUT2D eigenvalue weighted by atomic mass is 9.47. The molecule has 6 unspecified atom stereocenters. The molecule has 4 aliphatic rings. The van der Waals surface area contributed by atoms with Crippen molar-refractivity contribution in [3.05, 3.63) is 11.6 Å². The summed E-state index contributed by atoms with van der Waals surface area (Å²) < 4.78 is 5.51. The molecule has 0 saturated heterocycles. The van der Waals surface area contributed by atoms with Crippen LogP contribution in [0, 0.1) is 28.6 Å². The SMILES string of the molecule is CC(=O)OC1CCC2(C)C(=CCC3C2CCC2(C)C3CC[C@@]2(O)C(C)=O)C1. The van der Waals surface area contributed by atoms with Crippen molar-refractivity contribution in [3.63, 3.8) is 0 Å². The normalized spacial score (nSPS) is 48.7. The number of Topliss-reactive ketones (excluding diaryl/α,β-unsaturated/α-hetero) is 1. The number of aliphatic hydroxyl groups is 1. The molecule has 7 atom stereocenters. The fourth-order valence-electron chi connectivity index (χ4n) is 7.56. The van der Waals surface area contributed by atoms with Gasteiger partial charge in [0.25, 0.3) is 0 Å². The fourth-order valence-corrected chi connectivity index (χ4v) is 7.56. The van der Waals surface area contributed by atoms with Crippen molar-refractivity contribution >= 4 is 11.8 Å². The quantitative estimate of drug-likeness (QED) is 0.581. The van der Waals surface area contributed by atoms with E-state index < -0.39 is 5.60 Å². The molecule has 0 bridgehead atoms. The standard InChI is InChI=1S/C23H34O4/c1-14(24)23(26)12-9-20-18-6-5-16-13-17(27-15(2)25)7-10-21(16,3)19(18)8-11-22(20,23)4/h5,17-20,26H,6-13H2,1-4H3/t17?,18?,19?,20?,21?,22?,23-/m1/s1. The van der Waals surface area contributed by atoms with E-state index in [1.807, 2.05) is 0 Å². The number of carbonyl (C=O) groups is 2. The molecule has 3 fully saturated rings. The summed E-state index contributed by atoms with van der Waals surface area (Å²) in [6.07, 6.45) is 9.96. The van der Waals surface area contributed by atoms with E-state index in [0.29, 0.717) is 24.2 Å². The number of rotatable bonds is 2. The van der Waals surface area contributed by atoms with Crippen LogP contribution in [0.2, 0.25) is 0 Å². The van der Waals surface area contributed by atoms with Gasteiger partial charge in [0.1, 0.15) is 11.7 Å². The van der Waals surface area contributed by atoms with Crippen LogP contribution in [0.5, 0.6) is 0 Å². The highest BCUT2D eigenvalue weighted by molar-refractivity contribution is 5.86. The summed E-state index contributed by atoms with van der Waals surface area (Å²) in [4.78, 5) is 23.7. The molecule has 0 amide bonds. The van der Waals surface area contributed by atoms with Crippen LogP contribution in [0.4, 0.5) is 0 Å². The highest BCUT2D eigenvalue weighted by Gasteiger charge is 2.65. The maximum atomic E-state index is 12.3. The van der Waals surface area contributed by atoms with Crippen molar-refractivity contribution in [3.8, 4) is 0 Å². The Morgan fingerprint density at radius 1 is 1.07 bits per heavy atom. The first-order valence-electron chi connectivity index (χ1n) is 10.7. The molecule has 0 heterocycles. The third-order valence-electron chi connectivity index (χ3n) is 9.13. The molecule has 150 valence electrons. The van der Waals surface area contributed by atoms with E-state index in [0.717, 1.165) is 44.9 Å². The number of hydrogen-bond acceptors (Lipinski definition) is 4. The van der Waals surface area contributed by atoms with Crippen molar-refractivity contribution in [2.45, 2.75) is 90.8 Å². The van der Waals surface area contributed by atoms with Crippen LogP contribution >= 0.6 is 0 Å². The molecule has 4 rings (SSSR count). The Kier molecular flexibility index (Phi) is 4.38. The van der Waals surface area contributed by atoms with Crippen molar-refractivity contribution in [2.24, 2.45) is 28.6 Å². The molecule has 0 aromatic heterocycles. The molecule has 4 aliphatic carbocycles. The molecule has 1 N–H and O–H groups in total. The molecule has 0 radical (unpaired) electrons. The zero-order chi connectivity index (χ0) is 19.6. The van der Waals surface area contributed by atoms with Crippen LogP contribution in [0.25, 0.3) is 0 Å². The van der Waals surface area contributed by atoms with Crippen LogP contribution in [0.1, 0.15) is 79.1 Å². The number of hydrogen-bond donors (Lipinski definition) is 1. The van der Waals surface area contributed by atoms with E-state index in [-0.39, 0.29) is 28.7 Å². The minimum atomic E-state index is -1.14. The second-order valence-corrected chi connectivity index (χ2v) is 10.1. The summed E-state index contributed by atoms with van der Waals surface area (Å²) in [5, 5.41) is 11.2. The number of esters is 1. The minimum Gasteiger partial charge on any atom is -0.462 e. The number of carbonyl (C=O) groups excluding carboxylic acids is 2. The fraction of sp³-hybridized carbons (Fsp3) is 0.826. The van der Waals surface area contributed by atoms with Crippen molar-refractivity contribution < 1.29 is 19.4 Å². The first-order chi connectivity index (χ1) is 12.6. The Hall–Kier alpha value is -1.16. The van der Waals surface area contributed by atoms with Crippen molar-refractivity contribution in [2.75, 3.05) is 0 Å². The van der Waals surface area contributed by atoms with Gasteiger partial charge in [0, 0.05) is 18.8 Å². The van der Waals surface area contributed by atoms with E-state index in [1.54, 1.807) is 6.92 Å². The number of ketones is 1. The summed E-state index contributed by atoms with van der Waals surface area (Å²) >= 11 is 0. The highest BCUT2D eigenvalue weighted by Crippen LogP contribution is 2.67. The van der Waals surface area contributed by atoms with Gasteiger partial charge in [0.2, 0.25) is 0 Å². The molecule has 0 aromatic carbocycles. The van der Waals surface area contributed by atoms with Gasteiger partial charge in [-0.3, -0.25) is 9.59 Å². The van der Waals surface area contributed by atoms with Crippen LogP contribution in [-0.2, 0) is 14.3 Å². The molecule has 0 aromatic rings. The molecular formula is C23H34O4. The van der Waals surface area contributed by atoms with Crippen LogP contribution in [0.15, 0.2) is 11.6 Å². The Bertz CT molecular complexity index is 696. The van der Waals surface area contributed by atoms with Gasteiger partial charge in [0.05, 0.1) is 0 Å². The van der Waals surface area contributed by atoms with Gasteiger partial charge in [-0.15, -0.1) is 0 Å². The molecule has 0 spiro atoms. The van der Waals surface area contributed by atoms with E-state index in [9.17, 15) is 14.7 Å². The monoisotopic (exact) mass is 374 g/mol. The van der Waals surface area contributed by atoms with Crippen LogP contribution in [-0.4, -0.2) is 28.6 Å². The van der Waals surface area contributed by atoms with Gasteiger partial charge in [-0.2, -0.15) is 0 Å². The number of allylic oxidation sites excluding steroid dienone is 1. The zero-order valence-electron chi connectivity index (χ0n) is 17.2. The van der Waals surface area contributed by atoms with Gasteiger partial charge < -0.3 is 9.84 Å². The lowest BCUT2D eigenvalue weighted by Gasteiger charge is -2.58. The second-order valence-electron chi connectivity index (χ2n) is 10.1. The second kappa shape index (κ2) is 6.17. The van der Waals surface area contributed by atoms with Crippen LogP contribution < -0.4 is 0 Å². The predicted molar refractivity (Wildman–Crippen MR) is 103 cm³/mol. The number of ether oxygens (including phenoxy) is 1. The molecule has 0 aliphatic heterocycles. The van der Waals surface area contributed by atoms with Gasteiger partial charge >= 0.3 is 5.97 Å². The first-order valence-corrected chi connectivity index (χ1v) is 10.7. The Morgan fingerprint density at radius 2 is 1.78 bits per heavy atom. The maximum Gasteiger partial charge on any atom is 0.302 e. The Morgan fingerprint density at radius 3 is 2.44 bits per heavy atom. The van der Waals surface area contributed by atoms with Gasteiger partial charge in [-0.25, -0.2) is 0 Å².